The second-order valence-electron chi connectivity index (χ2n) is 8.47. The van der Waals surface area contributed by atoms with Crippen molar-refractivity contribution in [1.82, 2.24) is 14.5 Å². The molecule has 7 nitrogen and oxygen atoms in total. The molecule has 168 valence electrons. The molecule has 1 aliphatic rings. The van der Waals surface area contributed by atoms with Crippen molar-refractivity contribution in [2.45, 2.75) is 26.4 Å². The van der Waals surface area contributed by atoms with E-state index in [2.05, 4.69) is 4.98 Å². The van der Waals surface area contributed by atoms with Crippen LogP contribution in [0.2, 0.25) is 0 Å². The van der Waals surface area contributed by atoms with Gasteiger partial charge in [0.2, 0.25) is 0 Å². The number of aromatic nitrogens is 2. The number of hydrogen-bond acceptors (Lipinski definition) is 5. The van der Waals surface area contributed by atoms with Gasteiger partial charge >= 0.3 is 64.5 Å². The summed E-state index contributed by atoms with van der Waals surface area (Å²) in [5, 5.41) is 0.323. The van der Waals surface area contributed by atoms with Crippen molar-refractivity contribution in [3.05, 3.63) is 40.4 Å². The molecule has 12 heteroatoms. The maximum Gasteiger partial charge on any atom is 1.00 e. The van der Waals surface area contributed by atoms with E-state index in [1.807, 2.05) is 25.7 Å². The zero-order valence-electron chi connectivity index (χ0n) is 18.9. The zero-order chi connectivity index (χ0) is 23.0. The molecule has 0 atom stereocenters. The van der Waals surface area contributed by atoms with E-state index in [9.17, 15) is 22.5 Å². The first kappa shape index (κ1) is 26.9. The number of amides is 1. The third-order valence-electron chi connectivity index (χ3n) is 4.85. The van der Waals surface area contributed by atoms with E-state index >= 15 is 0 Å². The van der Waals surface area contributed by atoms with E-state index < -0.39 is 18.1 Å². The van der Waals surface area contributed by atoms with Gasteiger partial charge in [-0.2, -0.15) is 0 Å². The van der Waals surface area contributed by atoms with Gasteiger partial charge in [0, 0.05) is 38.9 Å². The SMILES string of the molecule is Cn1c(/C=C/[B-](F)(F)F)nc2ccc(N3CCN(C(=O)OC(C)(C)C)CC3)cc2c1=O.[K+]. The summed E-state index contributed by atoms with van der Waals surface area (Å²) in [6.07, 6.45) is 0.453. The van der Waals surface area contributed by atoms with Gasteiger partial charge in [0.05, 0.1) is 10.9 Å². The molecule has 0 bridgehead atoms. The Bertz CT molecular complexity index is 1070. The number of piperazine rings is 1. The van der Waals surface area contributed by atoms with Crippen LogP contribution in [0.25, 0.3) is 17.0 Å². The van der Waals surface area contributed by atoms with Gasteiger partial charge in [-0.1, -0.05) is 6.08 Å². The second kappa shape index (κ2) is 10.3. The van der Waals surface area contributed by atoms with Gasteiger partial charge in [-0.25, -0.2) is 9.78 Å². The number of benzene rings is 1. The van der Waals surface area contributed by atoms with Crippen molar-refractivity contribution in [2.24, 2.45) is 7.05 Å². The van der Waals surface area contributed by atoms with E-state index in [0.717, 1.165) is 16.3 Å². The molecule has 0 saturated carbocycles. The van der Waals surface area contributed by atoms with E-state index in [4.69, 9.17) is 4.74 Å². The molecule has 32 heavy (non-hydrogen) atoms. The minimum Gasteiger partial charge on any atom is -0.445 e. The van der Waals surface area contributed by atoms with Crippen LogP contribution in [0.1, 0.15) is 26.6 Å². The normalized spacial score (nSPS) is 15.2. The predicted molar refractivity (Wildman–Crippen MR) is 115 cm³/mol. The molecule has 1 aliphatic heterocycles. The number of rotatable bonds is 3. The van der Waals surface area contributed by atoms with Crippen molar-refractivity contribution in [1.29, 1.82) is 0 Å². The molecule has 0 aliphatic carbocycles. The van der Waals surface area contributed by atoms with Crippen LogP contribution in [0.3, 0.4) is 0 Å². The van der Waals surface area contributed by atoms with Crippen LogP contribution in [0.4, 0.5) is 23.4 Å². The molecule has 0 N–H and O–H groups in total. The van der Waals surface area contributed by atoms with Crippen molar-refractivity contribution in [3.8, 4) is 0 Å². The molecule has 1 aromatic carbocycles. The van der Waals surface area contributed by atoms with Crippen LogP contribution < -0.4 is 61.8 Å². The van der Waals surface area contributed by atoms with Gasteiger partial charge in [0.15, 0.2) is 0 Å². The molecule has 1 amide bonds. The van der Waals surface area contributed by atoms with Gasteiger partial charge in [-0.3, -0.25) is 9.36 Å². The van der Waals surface area contributed by atoms with Crippen molar-refractivity contribution in [2.75, 3.05) is 31.1 Å². The van der Waals surface area contributed by atoms with Crippen molar-refractivity contribution in [3.63, 3.8) is 0 Å². The molecule has 3 rings (SSSR count). The van der Waals surface area contributed by atoms with Crippen LogP contribution in [0.15, 0.2) is 29.0 Å². The largest absolute Gasteiger partial charge is 1.00 e. The summed E-state index contributed by atoms with van der Waals surface area (Å²) in [6.45, 7) is 2.41. The number of nitrogens with zero attached hydrogens (tertiary/aromatic N) is 4. The molecule has 0 spiro atoms. The van der Waals surface area contributed by atoms with E-state index in [-0.39, 0.29) is 69.3 Å². The molecule has 2 aromatic rings. The quantitative estimate of drug-likeness (QED) is 0.600. The third kappa shape index (κ3) is 6.83. The fourth-order valence-electron chi connectivity index (χ4n) is 3.29. The Balaban J connectivity index is 0.00000363. The monoisotopic (exact) mass is 476 g/mol. The summed E-state index contributed by atoms with van der Waals surface area (Å²) in [5.41, 5.74) is 0.133. The minimum absolute atomic E-state index is 0. The first-order valence-corrected chi connectivity index (χ1v) is 9.97. The summed E-state index contributed by atoms with van der Waals surface area (Å²) < 4.78 is 44.1. The van der Waals surface area contributed by atoms with Crippen molar-refractivity contribution >= 4 is 35.7 Å². The average Bonchev–Trinajstić information content (AvgIpc) is 2.67. The zero-order valence-corrected chi connectivity index (χ0v) is 22.1. The first-order valence-electron chi connectivity index (χ1n) is 9.97. The fourth-order valence-corrected chi connectivity index (χ4v) is 3.29. The molecule has 0 radical (unpaired) electrons. The number of carbonyl (C=O) groups excluding carboxylic acids is 1. The summed E-state index contributed by atoms with van der Waals surface area (Å²) in [7, 11) is 1.39. The standard InChI is InChI=1S/C20H25BF3N4O3.K/c1-20(2,3)31-19(30)28-11-9-27(10-12-28)14-5-6-16-15(13-14)18(29)26(4)17(25-16)7-8-21(22,23)24;/h5-8,13H,9-12H2,1-4H3;/q-1;+1/b8-7+;. The van der Waals surface area contributed by atoms with Gasteiger partial charge in [0.25, 0.3) is 5.56 Å². The number of carbonyl (C=O) groups is 1. The van der Waals surface area contributed by atoms with Crippen LogP contribution in [-0.4, -0.2) is 59.3 Å². The molecular formula is C20H25BF3KN4O3. The number of hydrogen-bond donors (Lipinski definition) is 0. The molecular weight excluding hydrogens is 451 g/mol. The smallest absolute Gasteiger partial charge is 0.445 e. The number of anilines is 1. The Kier molecular flexibility index (Phi) is 8.65. The molecule has 2 heterocycles. The Hall–Kier alpha value is -1.34. The van der Waals surface area contributed by atoms with Crippen LogP contribution in [-0.2, 0) is 11.8 Å². The fraction of sp³-hybridized carbons (Fsp3) is 0.450. The van der Waals surface area contributed by atoms with E-state index in [0.29, 0.717) is 37.1 Å². The molecule has 1 aromatic heterocycles. The third-order valence-corrected chi connectivity index (χ3v) is 4.85. The molecule has 0 unspecified atom stereocenters. The van der Waals surface area contributed by atoms with Crippen LogP contribution in [0.5, 0.6) is 0 Å². The first-order chi connectivity index (χ1) is 14.3. The summed E-state index contributed by atoms with van der Waals surface area (Å²) in [4.78, 5) is 32.8. The minimum atomic E-state index is -5.12. The number of ether oxygens (including phenoxy) is 1. The van der Waals surface area contributed by atoms with Gasteiger partial charge in [-0.05, 0) is 39.0 Å². The van der Waals surface area contributed by atoms with E-state index in [1.165, 1.54) is 7.05 Å². The van der Waals surface area contributed by atoms with Crippen molar-refractivity contribution < 1.29 is 73.9 Å². The number of fused-ring (bicyclic) bond motifs is 1. The predicted octanol–water partition coefficient (Wildman–Crippen LogP) is 0.394. The summed E-state index contributed by atoms with van der Waals surface area (Å²) in [5.74, 6) is 0.0574. The number of halogens is 3. The van der Waals surface area contributed by atoms with Gasteiger partial charge in [0.1, 0.15) is 11.4 Å². The van der Waals surface area contributed by atoms with Crippen LogP contribution in [0, 0.1) is 0 Å². The Morgan fingerprint density at radius 1 is 1.16 bits per heavy atom. The molecule has 1 fully saturated rings. The Morgan fingerprint density at radius 3 is 2.34 bits per heavy atom. The Morgan fingerprint density at radius 2 is 1.78 bits per heavy atom. The van der Waals surface area contributed by atoms with Gasteiger partial charge < -0.3 is 27.5 Å². The van der Waals surface area contributed by atoms with Gasteiger partial charge in [-0.15, -0.1) is 5.98 Å². The maximum atomic E-state index is 12.7. The average molecular weight is 476 g/mol. The van der Waals surface area contributed by atoms with E-state index in [1.54, 1.807) is 23.1 Å². The second-order valence-corrected chi connectivity index (χ2v) is 8.47. The maximum absolute atomic E-state index is 12.7. The topological polar surface area (TPSA) is 67.7 Å². The summed E-state index contributed by atoms with van der Waals surface area (Å²) in [6, 6.07) is 5.09. The Labute approximate surface area is 227 Å². The molecule has 1 saturated heterocycles. The summed E-state index contributed by atoms with van der Waals surface area (Å²) >= 11 is 0. The van der Waals surface area contributed by atoms with Crippen LogP contribution >= 0.6 is 0 Å².